The summed E-state index contributed by atoms with van der Waals surface area (Å²) < 4.78 is 2.42. The molecule has 0 fully saturated rings. The molecule has 0 aliphatic rings. The van der Waals surface area contributed by atoms with Gasteiger partial charge < -0.3 is 10.4 Å². The molecule has 0 bridgehead atoms. The van der Waals surface area contributed by atoms with E-state index in [9.17, 15) is 10.1 Å². The molecule has 0 radical (unpaired) electrons. The standard InChI is InChI=1S/C8H8N4O2S/c1-11-7-5(12(13)14)3-2-4-6(7)15-8(11)10-9/h2-4H,9H2,1H3. The van der Waals surface area contributed by atoms with Crippen molar-refractivity contribution in [2.45, 2.75) is 0 Å². The third-order valence-corrected chi connectivity index (χ3v) is 3.22. The van der Waals surface area contributed by atoms with Crippen molar-refractivity contribution in [3.05, 3.63) is 33.1 Å². The Bertz CT molecular complexity index is 598. The molecular formula is C8H8N4O2S. The van der Waals surface area contributed by atoms with Gasteiger partial charge in [-0.25, -0.2) is 0 Å². The summed E-state index contributed by atoms with van der Waals surface area (Å²) in [7, 11) is 1.71. The molecule has 2 N–H and O–H groups in total. The van der Waals surface area contributed by atoms with Crippen LogP contribution in [0.1, 0.15) is 0 Å². The van der Waals surface area contributed by atoms with E-state index in [1.54, 1.807) is 17.7 Å². The first-order chi connectivity index (χ1) is 7.15. The molecule has 15 heavy (non-hydrogen) atoms. The third-order valence-electron chi connectivity index (χ3n) is 2.11. The van der Waals surface area contributed by atoms with E-state index in [0.717, 1.165) is 4.70 Å². The van der Waals surface area contributed by atoms with Gasteiger partial charge >= 0.3 is 0 Å². The topological polar surface area (TPSA) is 86.5 Å². The van der Waals surface area contributed by atoms with Gasteiger partial charge in [-0.15, -0.1) is 0 Å². The summed E-state index contributed by atoms with van der Waals surface area (Å²) in [5, 5.41) is 14.4. The van der Waals surface area contributed by atoms with E-state index >= 15 is 0 Å². The normalized spacial score (nSPS) is 12.2. The maximum absolute atomic E-state index is 10.8. The Morgan fingerprint density at radius 3 is 2.93 bits per heavy atom. The fourth-order valence-corrected chi connectivity index (χ4v) is 2.42. The average molecular weight is 224 g/mol. The molecule has 7 heteroatoms. The van der Waals surface area contributed by atoms with Crippen molar-refractivity contribution in [1.29, 1.82) is 0 Å². The molecule has 0 atom stereocenters. The third kappa shape index (κ3) is 1.37. The van der Waals surface area contributed by atoms with E-state index in [0.29, 0.717) is 10.3 Å². The molecule has 0 spiro atoms. The fourth-order valence-electron chi connectivity index (χ4n) is 1.45. The molecule has 2 rings (SSSR count). The molecule has 0 unspecified atom stereocenters. The lowest BCUT2D eigenvalue weighted by Crippen LogP contribution is -2.12. The van der Waals surface area contributed by atoms with Gasteiger partial charge in [-0.05, 0) is 6.07 Å². The SMILES string of the molecule is Cn1c(=NN)sc2cccc([N+](=O)[O-])c21. The lowest BCUT2D eigenvalue weighted by molar-refractivity contribution is -0.383. The Morgan fingerprint density at radius 2 is 2.33 bits per heavy atom. The van der Waals surface area contributed by atoms with E-state index in [2.05, 4.69) is 5.10 Å². The van der Waals surface area contributed by atoms with Gasteiger partial charge in [-0.3, -0.25) is 10.1 Å². The maximum atomic E-state index is 10.8. The second-order valence-electron chi connectivity index (χ2n) is 2.95. The molecule has 0 saturated heterocycles. The van der Waals surface area contributed by atoms with Crippen LogP contribution in [-0.4, -0.2) is 9.49 Å². The lowest BCUT2D eigenvalue weighted by Gasteiger charge is -1.96. The van der Waals surface area contributed by atoms with Gasteiger partial charge in [0, 0.05) is 13.1 Å². The number of hydrogen-bond donors (Lipinski definition) is 1. The Labute approximate surface area is 88.4 Å². The number of nitro groups is 1. The molecule has 0 amide bonds. The van der Waals surface area contributed by atoms with Crippen LogP contribution >= 0.6 is 11.3 Å². The Hall–Kier alpha value is -1.89. The summed E-state index contributed by atoms with van der Waals surface area (Å²) in [5.74, 6) is 5.19. The number of benzene rings is 1. The van der Waals surface area contributed by atoms with Crippen LogP contribution in [0.4, 0.5) is 5.69 Å². The van der Waals surface area contributed by atoms with Crippen LogP contribution in [0.25, 0.3) is 10.2 Å². The number of aromatic nitrogens is 1. The number of nitro benzene ring substituents is 1. The summed E-state index contributed by atoms with van der Waals surface area (Å²) in [4.78, 5) is 10.9. The summed E-state index contributed by atoms with van der Waals surface area (Å²) in [5.41, 5.74) is 0.623. The Morgan fingerprint density at radius 1 is 1.60 bits per heavy atom. The van der Waals surface area contributed by atoms with Crippen LogP contribution in [0.2, 0.25) is 0 Å². The highest BCUT2D eigenvalue weighted by molar-refractivity contribution is 7.16. The minimum atomic E-state index is -0.407. The first-order valence-corrected chi connectivity index (χ1v) is 4.93. The van der Waals surface area contributed by atoms with Gasteiger partial charge in [0.05, 0.1) is 9.62 Å². The van der Waals surface area contributed by atoms with Crippen molar-refractivity contribution in [3.8, 4) is 0 Å². The van der Waals surface area contributed by atoms with Crippen LogP contribution in [0, 0.1) is 10.1 Å². The Kier molecular flexibility index (Phi) is 2.16. The van der Waals surface area contributed by atoms with Crippen LogP contribution in [0.15, 0.2) is 23.3 Å². The first kappa shape index (κ1) is 9.66. The number of aryl methyl sites for hydroxylation is 1. The fraction of sp³-hybridized carbons (Fsp3) is 0.125. The smallest absolute Gasteiger partial charge is 0.294 e. The monoisotopic (exact) mass is 224 g/mol. The average Bonchev–Trinajstić information content (AvgIpc) is 2.55. The number of nitrogens with zero attached hydrogens (tertiary/aromatic N) is 3. The second-order valence-corrected chi connectivity index (χ2v) is 3.96. The maximum Gasteiger partial charge on any atom is 0.294 e. The quantitative estimate of drug-likeness (QED) is 0.444. The van der Waals surface area contributed by atoms with Crippen LogP contribution in [0.3, 0.4) is 0 Å². The number of non-ortho nitro benzene ring substituents is 1. The van der Waals surface area contributed by atoms with Gasteiger partial charge in [0.15, 0.2) is 0 Å². The van der Waals surface area contributed by atoms with E-state index in [4.69, 9.17) is 5.84 Å². The predicted molar refractivity (Wildman–Crippen MR) is 57.2 cm³/mol. The summed E-state index contributed by atoms with van der Waals surface area (Å²) >= 11 is 1.32. The number of para-hydroxylation sites is 1. The van der Waals surface area contributed by atoms with Gasteiger partial charge in [0.2, 0.25) is 4.80 Å². The molecule has 78 valence electrons. The molecule has 2 aromatic rings. The van der Waals surface area contributed by atoms with Crippen molar-refractivity contribution in [1.82, 2.24) is 4.57 Å². The highest BCUT2D eigenvalue weighted by Crippen LogP contribution is 2.26. The number of rotatable bonds is 1. The minimum absolute atomic E-state index is 0.0705. The Balaban J connectivity index is 2.97. The van der Waals surface area contributed by atoms with Crippen molar-refractivity contribution in [2.24, 2.45) is 18.0 Å². The second kappa shape index (κ2) is 3.35. The zero-order valence-electron chi connectivity index (χ0n) is 7.88. The molecule has 6 nitrogen and oxygen atoms in total. The van der Waals surface area contributed by atoms with Gasteiger partial charge in [-0.1, -0.05) is 17.4 Å². The zero-order valence-corrected chi connectivity index (χ0v) is 8.69. The minimum Gasteiger partial charge on any atom is -0.320 e. The van der Waals surface area contributed by atoms with Gasteiger partial charge in [-0.2, -0.15) is 5.10 Å². The van der Waals surface area contributed by atoms with Crippen LogP contribution in [-0.2, 0) is 7.05 Å². The summed E-state index contributed by atoms with van der Waals surface area (Å²) in [6.07, 6.45) is 0. The van der Waals surface area contributed by atoms with E-state index in [-0.39, 0.29) is 5.69 Å². The molecule has 1 aromatic heterocycles. The molecule has 0 aliphatic carbocycles. The molecule has 1 heterocycles. The van der Waals surface area contributed by atoms with Crippen molar-refractivity contribution >= 4 is 27.2 Å². The van der Waals surface area contributed by atoms with E-state index < -0.39 is 4.92 Å². The lowest BCUT2D eigenvalue weighted by atomic mass is 10.3. The van der Waals surface area contributed by atoms with E-state index in [1.165, 1.54) is 17.4 Å². The number of fused-ring (bicyclic) bond motifs is 1. The summed E-state index contributed by atoms with van der Waals surface area (Å²) in [6.45, 7) is 0. The first-order valence-electron chi connectivity index (χ1n) is 4.12. The van der Waals surface area contributed by atoms with E-state index in [1.807, 2.05) is 6.07 Å². The van der Waals surface area contributed by atoms with Crippen LogP contribution in [0.5, 0.6) is 0 Å². The van der Waals surface area contributed by atoms with Crippen molar-refractivity contribution < 1.29 is 4.92 Å². The van der Waals surface area contributed by atoms with Gasteiger partial charge in [0.25, 0.3) is 5.69 Å². The molecule has 0 saturated carbocycles. The number of nitrogens with two attached hydrogens (primary N) is 1. The van der Waals surface area contributed by atoms with Crippen LogP contribution < -0.4 is 10.6 Å². The molecule has 0 aliphatic heterocycles. The largest absolute Gasteiger partial charge is 0.320 e. The van der Waals surface area contributed by atoms with Gasteiger partial charge in [0.1, 0.15) is 5.52 Å². The van der Waals surface area contributed by atoms with Crippen molar-refractivity contribution in [2.75, 3.05) is 0 Å². The highest BCUT2D eigenvalue weighted by atomic mass is 32.1. The number of thiazole rings is 1. The predicted octanol–water partition coefficient (Wildman–Crippen LogP) is 0.922. The highest BCUT2D eigenvalue weighted by Gasteiger charge is 2.15. The van der Waals surface area contributed by atoms with Crippen molar-refractivity contribution in [3.63, 3.8) is 0 Å². The molecule has 1 aromatic carbocycles. The zero-order chi connectivity index (χ0) is 11.0. The number of hydrogen-bond acceptors (Lipinski definition) is 5. The summed E-state index contributed by atoms with van der Waals surface area (Å²) in [6, 6.07) is 4.92. The molecular weight excluding hydrogens is 216 g/mol.